The SMILES string of the molecule is C/C=C/N1CC(=O)Nc2ccccc21. The lowest BCUT2D eigenvalue weighted by molar-refractivity contribution is -0.115. The van der Waals surface area contributed by atoms with Gasteiger partial charge in [0.2, 0.25) is 5.91 Å². The molecule has 0 spiro atoms. The molecule has 1 aliphatic rings. The molecule has 1 N–H and O–H groups in total. The number of anilines is 2. The predicted molar refractivity (Wildman–Crippen MR) is 57.2 cm³/mol. The van der Waals surface area contributed by atoms with Crippen molar-refractivity contribution in [3.05, 3.63) is 36.5 Å². The van der Waals surface area contributed by atoms with Gasteiger partial charge in [0.15, 0.2) is 0 Å². The maximum atomic E-state index is 11.3. The number of hydrogen-bond acceptors (Lipinski definition) is 2. The first-order valence-electron chi connectivity index (χ1n) is 4.59. The molecule has 3 heteroatoms. The van der Waals surface area contributed by atoms with Crippen molar-refractivity contribution < 1.29 is 4.79 Å². The summed E-state index contributed by atoms with van der Waals surface area (Å²) in [6.45, 7) is 2.33. The second-order valence-corrected chi connectivity index (χ2v) is 3.18. The monoisotopic (exact) mass is 188 g/mol. The zero-order valence-electron chi connectivity index (χ0n) is 8.03. The third-order valence-electron chi connectivity index (χ3n) is 2.13. The van der Waals surface area contributed by atoms with E-state index in [2.05, 4.69) is 5.32 Å². The fraction of sp³-hybridized carbons (Fsp3) is 0.182. The van der Waals surface area contributed by atoms with E-state index in [1.54, 1.807) is 0 Å². The number of amides is 1. The summed E-state index contributed by atoms with van der Waals surface area (Å²) in [5, 5.41) is 2.83. The Labute approximate surface area is 83.0 Å². The first kappa shape index (κ1) is 8.81. The van der Waals surface area contributed by atoms with Gasteiger partial charge in [-0.1, -0.05) is 18.2 Å². The minimum atomic E-state index is 0.0294. The zero-order valence-corrected chi connectivity index (χ0v) is 8.03. The summed E-state index contributed by atoms with van der Waals surface area (Å²) >= 11 is 0. The quantitative estimate of drug-likeness (QED) is 0.730. The molecule has 0 aromatic heterocycles. The van der Waals surface area contributed by atoms with Gasteiger partial charge in [-0.15, -0.1) is 0 Å². The van der Waals surface area contributed by atoms with Crippen LogP contribution in [0, 0.1) is 0 Å². The summed E-state index contributed by atoms with van der Waals surface area (Å²) in [4.78, 5) is 13.3. The Kier molecular flexibility index (Phi) is 2.23. The highest BCUT2D eigenvalue weighted by molar-refractivity contribution is 6.01. The topological polar surface area (TPSA) is 32.3 Å². The number of allylic oxidation sites excluding steroid dienone is 1. The van der Waals surface area contributed by atoms with Crippen LogP contribution in [0.4, 0.5) is 11.4 Å². The molecular formula is C11H12N2O. The van der Waals surface area contributed by atoms with Crippen LogP contribution in [-0.2, 0) is 4.79 Å². The van der Waals surface area contributed by atoms with Crippen LogP contribution in [0.3, 0.4) is 0 Å². The molecule has 0 saturated carbocycles. The number of hydrogen-bond donors (Lipinski definition) is 1. The molecule has 72 valence electrons. The standard InChI is InChI=1S/C11H12N2O/c1-2-7-13-8-11(14)12-9-5-3-4-6-10(9)13/h2-7H,8H2,1H3,(H,12,14)/b7-2+. The van der Waals surface area contributed by atoms with Gasteiger partial charge in [0.1, 0.15) is 6.54 Å². The molecule has 0 radical (unpaired) electrons. The van der Waals surface area contributed by atoms with Crippen LogP contribution < -0.4 is 10.2 Å². The van der Waals surface area contributed by atoms with Crippen LogP contribution in [-0.4, -0.2) is 12.5 Å². The van der Waals surface area contributed by atoms with Crippen molar-refractivity contribution in [3.63, 3.8) is 0 Å². The summed E-state index contributed by atoms with van der Waals surface area (Å²) in [5.74, 6) is 0.0294. The lowest BCUT2D eigenvalue weighted by Gasteiger charge is -2.27. The fourth-order valence-corrected chi connectivity index (χ4v) is 1.57. The van der Waals surface area contributed by atoms with Gasteiger partial charge in [0, 0.05) is 6.20 Å². The molecule has 3 nitrogen and oxygen atoms in total. The molecule has 0 saturated heterocycles. The summed E-state index contributed by atoms with van der Waals surface area (Å²) in [7, 11) is 0. The van der Waals surface area contributed by atoms with Crippen molar-refractivity contribution in [3.8, 4) is 0 Å². The normalized spacial score (nSPS) is 15.5. The van der Waals surface area contributed by atoms with E-state index in [1.807, 2.05) is 48.4 Å². The smallest absolute Gasteiger partial charge is 0.244 e. The van der Waals surface area contributed by atoms with E-state index in [4.69, 9.17) is 0 Å². The minimum absolute atomic E-state index is 0.0294. The number of carbonyl (C=O) groups is 1. The van der Waals surface area contributed by atoms with Crippen LogP contribution in [0.25, 0.3) is 0 Å². The minimum Gasteiger partial charge on any atom is -0.337 e. The van der Waals surface area contributed by atoms with Gasteiger partial charge in [0.05, 0.1) is 11.4 Å². The number of carbonyl (C=O) groups excluding carboxylic acids is 1. The van der Waals surface area contributed by atoms with Gasteiger partial charge in [-0.3, -0.25) is 4.79 Å². The van der Waals surface area contributed by atoms with Gasteiger partial charge in [-0.2, -0.15) is 0 Å². The third-order valence-corrected chi connectivity index (χ3v) is 2.13. The summed E-state index contributed by atoms with van der Waals surface area (Å²) in [5.41, 5.74) is 1.92. The van der Waals surface area contributed by atoms with E-state index in [-0.39, 0.29) is 5.91 Å². The Morgan fingerprint density at radius 2 is 2.21 bits per heavy atom. The molecule has 1 amide bonds. The van der Waals surface area contributed by atoms with E-state index in [0.29, 0.717) is 6.54 Å². The number of fused-ring (bicyclic) bond motifs is 1. The van der Waals surface area contributed by atoms with Crippen molar-refractivity contribution >= 4 is 17.3 Å². The van der Waals surface area contributed by atoms with Crippen LogP contribution in [0.15, 0.2) is 36.5 Å². The highest BCUT2D eigenvalue weighted by Gasteiger charge is 2.18. The van der Waals surface area contributed by atoms with Crippen molar-refractivity contribution in [1.82, 2.24) is 0 Å². The third kappa shape index (κ3) is 1.48. The van der Waals surface area contributed by atoms with Crippen molar-refractivity contribution in [2.75, 3.05) is 16.8 Å². The second kappa shape index (κ2) is 3.54. The summed E-state index contributed by atoms with van der Waals surface area (Å²) in [6.07, 6.45) is 3.84. The zero-order chi connectivity index (χ0) is 9.97. The first-order valence-corrected chi connectivity index (χ1v) is 4.59. The van der Waals surface area contributed by atoms with Gasteiger partial charge < -0.3 is 10.2 Å². The molecule has 1 aliphatic heterocycles. The average Bonchev–Trinajstić information content (AvgIpc) is 2.18. The Hall–Kier alpha value is -1.77. The lowest BCUT2D eigenvalue weighted by atomic mass is 10.2. The molecule has 2 rings (SSSR count). The largest absolute Gasteiger partial charge is 0.337 e. The van der Waals surface area contributed by atoms with Gasteiger partial charge in [-0.05, 0) is 19.1 Å². The molecule has 1 heterocycles. The molecule has 0 unspecified atom stereocenters. The first-order chi connectivity index (χ1) is 6.81. The molecular weight excluding hydrogens is 176 g/mol. The van der Waals surface area contributed by atoms with Crippen LogP contribution in [0.1, 0.15) is 6.92 Å². The number of nitrogens with zero attached hydrogens (tertiary/aromatic N) is 1. The molecule has 0 fully saturated rings. The van der Waals surface area contributed by atoms with E-state index in [9.17, 15) is 4.79 Å². The van der Waals surface area contributed by atoms with Gasteiger partial charge >= 0.3 is 0 Å². The summed E-state index contributed by atoms with van der Waals surface area (Å²) < 4.78 is 0. The van der Waals surface area contributed by atoms with E-state index in [0.717, 1.165) is 11.4 Å². The molecule has 14 heavy (non-hydrogen) atoms. The van der Waals surface area contributed by atoms with E-state index >= 15 is 0 Å². The van der Waals surface area contributed by atoms with Gasteiger partial charge in [0.25, 0.3) is 0 Å². The molecule has 0 bridgehead atoms. The number of rotatable bonds is 1. The van der Waals surface area contributed by atoms with Gasteiger partial charge in [-0.25, -0.2) is 0 Å². The Morgan fingerprint density at radius 3 is 3.00 bits per heavy atom. The number of nitrogens with one attached hydrogen (secondary N) is 1. The highest BCUT2D eigenvalue weighted by Crippen LogP contribution is 2.28. The molecule has 1 aromatic rings. The van der Waals surface area contributed by atoms with Crippen molar-refractivity contribution in [2.24, 2.45) is 0 Å². The van der Waals surface area contributed by atoms with E-state index in [1.165, 1.54) is 0 Å². The maximum Gasteiger partial charge on any atom is 0.244 e. The maximum absolute atomic E-state index is 11.3. The van der Waals surface area contributed by atoms with Crippen molar-refractivity contribution in [2.45, 2.75) is 6.92 Å². The number of para-hydroxylation sites is 2. The number of benzene rings is 1. The van der Waals surface area contributed by atoms with E-state index < -0.39 is 0 Å². The second-order valence-electron chi connectivity index (χ2n) is 3.18. The fourth-order valence-electron chi connectivity index (χ4n) is 1.57. The highest BCUT2D eigenvalue weighted by atomic mass is 16.2. The Bertz CT molecular complexity index is 385. The van der Waals surface area contributed by atoms with Crippen LogP contribution >= 0.6 is 0 Å². The van der Waals surface area contributed by atoms with Crippen LogP contribution in [0.5, 0.6) is 0 Å². The van der Waals surface area contributed by atoms with Crippen LogP contribution in [0.2, 0.25) is 0 Å². The predicted octanol–water partition coefficient (Wildman–Crippen LogP) is 1.98. The Balaban J connectivity index is 2.43. The Morgan fingerprint density at radius 1 is 1.43 bits per heavy atom. The summed E-state index contributed by atoms with van der Waals surface area (Å²) in [6, 6.07) is 7.78. The molecule has 0 atom stereocenters. The average molecular weight is 188 g/mol. The molecule has 1 aromatic carbocycles. The van der Waals surface area contributed by atoms with Crippen molar-refractivity contribution in [1.29, 1.82) is 0 Å². The lowest BCUT2D eigenvalue weighted by Crippen LogP contribution is -2.34. The molecule has 0 aliphatic carbocycles.